The summed E-state index contributed by atoms with van der Waals surface area (Å²) >= 11 is 0. The minimum atomic E-state index is -0.597. The zero-order valence-corrected chi connectivity index (χ0v) is 13.1. The van der Waals surface area contributed by atoms with Crippen LogP contribution >= 0.6 is 0 Å². The van der Waals surface area contributed by atoms with Gasteiger partial charge in [-0.3, -0.25) is 4.79 Å². The fourth-order valence-corrected chi connectivity index (χ4v) is 3.47. The smallest absolute Gasteiger partial charge is 0.228 e. The molecule has 3 heterocycles. The summed E-state index contributed by atoms with van der Waals surface area (Å²) in [5, 5.41) is 10.3. The standard InChI is InChI=1S/C16H25N3O3/c1-2-16(21)5-9-19(10-6-16)15(20)12-4-3-11-22-13(12)14-17-7-8-18-14/h7-8,12-13,21H,2-6,9-11H2,1H3,(H,17,18)/t12-,13-/m1/s1. The van der Waals surface area contributed by atoms with Crippen LogP contribution in [0.4, 0.5) is 0 Å². The molecule has 1 amide bonds. The highest BCUT2D eigenvalue weighted by atomic mass is 16.5. The lowest BCUT2D eigenvalue weighted by Crippen LogP contribution is -2.49. The van der Waals surface area contributed by atoms with Crippen LogP contribution in [0.2, 0.25) is 0 Å². The largest absolute Gasteiger partial charge is 0.390 e. The first-order valence-electron chi connectivity index (χ1n) is 8.25. The van der Waals surface area contributed by atoms with Crippen molar-refractivity contribution in [3.63, 3.8) is 0 Å². The molecule has 122 valence electrons. The summed E-state index contributed by atoms with van der Waals surface area (Å²) in [5.41, 5.74) is -0.597. The number of carbonyl (C=O) groups is 1. The molecule has 2 fully saturated rings. The lowest BCUT2D eigenvalue weighted by molar-refractivity contribution is -0.150. The van der Waals surface area contributed by atoms with Crippen LogP contribution in [0.1, 0.15) is 51.0 Å². The number of likely N-dealkylation sites (tertiary alicyclic amines) is 1. The van der Waals surface area contributed by atoms with Crippen molar-refractivity contribution in [2.24, 2.45) is 5.92 Å². The molecule has 0 unspecified atom stereocenters. The number of ether oxygens (including phenoxy) is 1. The number of aromatic nitrogens is 2. The van der Waals surface area contributed by atoms with Crippen molar-refractivity contribution in [2.75, 3.05) is 19.7 Å². The second-order valence-corrected chi connectivity index (χ2v) is 6.42. The molecule has 1 aromatic heterocycles. The lowest BCUT2D eigenvalue weighted by Gasteiger charge is -2.40. The van der Waals surface area contributed by atoms with Crippen LogP contribution in [0.15, 0.2) is 12.4 Å². The van der Waals surface area contributed by atoms with E-state index in [9.17, 15) is 9.90 Å². The van der Waals surface area contributed by atoms with E-state index < -0.39 is 5.60 Å². The van der Waals surface area contributed by atoms with Gasteiger partial charge < -0.3 is 19.7 Å². The first-order valence-corrected chi connectivity index (χ1v) is 8.25. The van der Waals surface area contributed by atoms with Gasteiger partial charge in [-0.25, -0.2) is 4.98 Å². The van der Waals surface area contributed by atoms with Crippen LogP contribution < -0.4 is 0 Å². The van der Waals surface area contributed by atoms with Crippen molar-refractivity contribution in [1.82, 2.24) is 14.9 Å². The van der Waals surface area contributed by atoms with E-state index in [1.807, 2.05) is 11.8 Å². The Morgan fingerprint density at radius 2 is 2.32 bits per heavy atom. The van der Waals surface area contributed by atoms with Crippen LogP contribution in [-0.2, 0) is 9.53 Å². The molecule has 2 aliphatic rings. The fourth-order valence-electron chi connectivity index (χ4n) is 3.47. The number of H-pyrrole nitrogens is 1. The fraction of sp³-hybridized carbons (Fsp3) is 0.750. The van der Waals surface area contributed by atoms with Gasteiger partial charge in [-0.2, -0.15) is 0 Å². The molecule has 2 saturated heterocycles. The highest BCUT2D eigenvalue weighted by Crippen LogP contribution is 2.35. The molecule has 2 N–H and O–H groups in total. The van der Waals surface area contributed by atoms with E-state index in [0.717, 1.165) is 25.1 Å². The minimum Gasteiger partial charge on any atom is -0.390 e. The molecule has 6 nitrogen and oxygen atoms in total. The molecular formula is C16H25N3O3. The molecule has 0 radical (unpaired) electrons. The molecule has 1 aromatic rings. The van der Waals surface area contributed by atoms with E-state index in [-0.39, 0.29) is 17.9 Å². The number of aromatic amines is 1. The third-order valence-corrected chi connectivity index (χ3v) is 5.09. The van der Waals surface area contributed by atoms with E-state index in [1.165, 1.54) is 0 Å². The van der Waals surface area contributed by atoms with Crippen molar-refractivity contribution in [3.05, 3.63) is 18.2 Å². The van der Waals surface area contributed by atoms with Crippen molar-refractivity contribution in [3.8, 4) is 0 Å². The Morgan fingerprint density at radius 3 is 2.95 bits per heavy atom. The summed E-state index contributed by atoms with van der Waals surface area (Å²) in [6.07, 6.45) is 6.98. The summed E-state index contributed by atoms with van der Waals surface area (Å²) in [5.74, 6) is 0.701. The SMILES string of the molecule is CCC1(O)CCN(C(=O)[C@@H]2CCCO[C@H]2c2ncc[nH]2)CC1. The number of nitrogens with one attached hydrogen (secondary N) is 1. The first kappa shape index (κ1) is 15.5. The van der Waals surface area contributed by atoms with Gasteiger partial charge in [-0.05, 0) is 32.1 Å². The predicted octanol–water partition coefficient (Wildman–Crippen LogP) is 1.64. The van der Waals surface area contributed by atoms with Crippen LogP contribution in [0.25, 0.3) is 0 Å². The Bertz CT molecular complexity index is 495. The number of nitrogens with zero attached hydrogens (tertiary/aromatic N) is 2. The maximum absolute atomic E-state index is 12.9. The number of imidazole rings is 1. The van der Waals surface area contributed by atoms with E-state index >= 15 is 0 Å². The monoisotopic (exact) mass is 307 g/mol. The van der Waals surface area contributed by atoms with Gasteiger partial charge in [-0.1, -0.05) is 6.92 Å². The molecule has 2 atom stereocenters. The summed E-state index contributed by atoms with van der Waals surface area (Å²) in [6.45, 7) is 3.93. The average molecular weight is 307 g/mol. The molecule has 0 bridgehead atoms. The Labute approximate surface area is 130 Å². The second-order valence-electron chi connectivity index (χ2n) is 6.42. The molecule has 2 aliphatic heterocycles. The van der Waals surface area contributed by atoms with Crippen molar-refractivity contribution in [1.29, 1.82) is 0 Å². The molecule has 22 heavy (non-hydrogen) atoms. The lowest BCUT2D eigenvalue weighted by atomic mass is 9.87. The summed E-state index contributed by atoms with van der Waals surface area (Å²) in [6, 6.07) is 0. The molecule has 0 aromatic carbocycles. The minimum absolute atomic E-state index is 0.138. The number of amides is 1. The zero-order valence-electron chi connectivity index (χ0n) is 13.1. The van der Waals surface area contributed by atoms with E-state index in [2.05, 4.69) is 9.97 Å². The van der Waals surface area contributed by atoms with Crippen LogP contribution in [0.5, 0.6) is 0 Å². The topological polar surface area (TPSA) is 78.4 Å². The molecule has 0 aliphatic carbocycles. The predicted molar refractivity (Wildman–Crippen MR) is 81.1 cm³/mol. The van der Waals surface area contributed by atoms with Gasteiger partial charge in [0.2, 0.25) is 5.91 Å². The summed E-state index contributed by atoms with van der Waals surface area (Å²) < 4.78 is 5.82. The molecule has 6 heteroatoms. The molecule has 0 saturated carbocycles. The third kappa shape index (κ3) is 3.03. The van der Waals surface area contributed by atoms with Crippen LogP contribution in [0, 0.1) is 5.92 Å². The van der Waals surface area contributed by atoms with Gasteiger partial charge in [-0.15, -0.1) is 0 Å². The van der Waals surface area contributed by atoms with Gasteiger partial charge in [0, 0.05) is 32.1 Å². The number of piperidine rings is 1. The van der Waals surface area contributed by atoms with Gasteiger partial charge in [0.05, 0.1) is 11.5 Å². The zero-order chi connectivity index (χ0) is 15.6. The van der Waals surface area contributed by atoms with Crippen LogP contribution in [0.3, 0.4) is 0 Å². The first-order chi connectivity index (χ1) is 10.6. The van der Waals surface area contributed by atoms with E-state index in [1.54, 1.807) is 12.4 Å². The summed E-state index contributed by atoms with van der Waals surface area (Å²) in [7, 11) is 0. The molecule has 3 rings (SSSR count). The average Bonchev–Trinajstić information content (AvgIpc) is 3.09. The van der Waals surface area contributed by atoms with Crippen molar-refractivity contribution < 1.29 is 14.6 Å². The van der Waals surface area contributed by atoms with Gasteiger partial charge in [0.25, 0.3) is 0 Å². The van der Waals surface area contributed by atoms with E-state index in [4.69, 9.17) is 4.74 Å². The normalized spacial score (nSPS) is 28.5. The van der Waals surface area contributed by atoms with Crippen molar-refractivity contribution in [2.45, 2.75) is 50.7 Å². The maximum Gasteiger partial charge on any atom is 0.228 e. The molecular weight excluding hydrogens is 282 g/mol. The Balaban J connectivity index is 1.68. The van der Waals surface area contributed by atoms with Gasteiger partial charge in [0.1, 0.15) is 11.9 Å². The Morgan fingerprint density at radius 1 is 1.55 bits per heavy atom. The number of hydrogen-bond donors (Lipinski definition) is 2. The quantitative estimate of drug-likeness (QED) is 0.890. The van der Waals surface area contributed by atoms with Gasteiger partial charge >= 0.3 is 0 Å². The molecule has 0 spiro atoms. The maximum atomic E-state index is 12.9. The second kappa shape index (κ2) is 6.38. The van der Waals surface area contributed by atoms with Crippen LogP contribution in [-0.4, -0.2) is 51.2 Å². The third-order valence-electron chi connectivity index (χ3n) is 5.09. The Hall–Kier alpha value is -1.40. The number of hydrogen-bond acceptors (Lipinski definition) is 4. The van der Waals surface area contributed by atoms with Gasteiger partial charge in [0.15, 0.2) is 0 Å². The highest BCUT2D eigenvalue weighted by molar-refractivity contribution is 5.79. The highest BCUT2D eigenvalue weighted by Gasteiger charge is 2.39. The Kier molecular flexibility index (Phi) is 4.49. The van der Waals surface area contributed by atoms with Crippen molar-refractivity contribution >= 4 is 5.91 Å². The van der Waals surface area contributed by atoms with E-state index in [0.29, 0.717) is 32.5 Å². The number of aliphatic hydroxyl groups is 1. The summed E-state index contributed by atoms with van der Waals surface area (Å²) in [4.78, 5) is 22.1. The number of carbonyl (C=O) groups excluding carboxylic acids is 1. The number of rotatable bonds is 3.